The number of amides is 1. The molecule has 1 aliphatic rings. The van der Waals surface area contributed by atoms with Gasteiger partial charge in [-0.3, -0.25) is 9.48 Å². The van der Waals surface area contributed by atoms with Crippen LogP contribution in [0.2, 0.25) is 10.0 Å². The Bertz CT molecular complexity index is 832. The Morgan fingerprint density at radius 2 is 2.00 bits per heavy atom. The Balaban J connectivity index is 1.87. The van der Waals surface area contributed by atoms with Gasteiger partial charge in [0.25, 0.3) is 5.91 Å². The van der Waals surface area contributed by atoms with E-state index >= 15 is 0 Å². The number of aryl methyl sites for hydroxylation is 1. The van der Waals surface area contributed by atoms with Crippen molar-refractivity contribution < 1.29 is 14.3 Å². The van der Waals surface area contributed by atoms with Gasteiger partial charge in [-0.25, -0.2) is 4.79 Å². The fraction of sp³-hybridized carbons (Fsp3) is 0.312. The summed E-state index contributed by atoms with van der Waals surface area (Å²) < 4.78 is 6.38. The van der Waals surface area contributed by atoms with Crippen LogP contribution >= 0.6 is 23.2 Å². The molecule has 0 fully saturated rings. The summed E-state index contributed by atoms with van der Waals surface area (Å²) in [5, 5.41) is 4.97. The number of ether oxygens (including phenoxy) is 1. The van der Waals surface area contributed by atoms with Gasteiger partial charge in [0.1, 0.15) is 0 Å². The summed E-state index contributed by atoms with van der Waals surface area (Å²) in [5.74, 6) is -0.601. The van der Waals surface area contributed by atoms with Crippen LogP contribution in [0.5, 0.6) is 0 Å². The van der Waals surface area contributed by atoms with Gasteiger partial charge < -0.3 is 9.64 Å². The van der Waals surface area contributed by atoms with Crippen LogP contribution in [0.4, 0.5) is 0 Å². The molecule has 0 radical (unpaired) electrons. The second-order valence-electron chi connectivity index (χ2n) is 5.49. The van der Waals surface area contributed by atoms with Gasteiger partial charge in [0, 0.05) is 24.7 Å². The number of hydrogen-bond donors (Lipinski definition) is 0. The molecule has 0 saturated carbocycles. The molecule has 0 bridgehead atoms. The van der Waals surface area contributed by atoms with Gasteiger partial charge in [0.2, 0.25) is 0 Å². The Kier molecular flexibility index (Phi) is 4.51. The van der Waals surface area contributed by atoms with E-state index in [1.807, 2.05) is 0 Å². The standard InChI is InChI=1S/C16H15Cl2N3O3/c1-20-13-8-21(6-5-10(13)14(19-20)16(23)24-2)15(22)9-3-4-11(17)12(18)7-9/h3-4,7H,5-6,8H2,1-2H3. The SMILES string of the molecule is COC(=O)c1nn(C)c2c1CCN(C(=O)c1ccc(Cl)c(Cl)c1)C2. The first-order valence-electron chi connectivity index (χ1n) is 7.29. The largest absolute Gasteiger partial charge is 0.464 e. The van der Waals surface area contributed by atoms with Crippen molar-refractivity contribution in [2.75, 3.05) is 13.7 Å². The molecular weight excluding hydrogens is 353 g/mol. The molecule has 0 atom stereocenters. The molecule has 0 unspecified atom stereocenters. The number of rotatable bonds is 2. The van der Waals surface area contributed by atoms with E-state index in [9.17, 15) is 9.59 Å². The Morgan fingerprint density at radius 1 is 1.25 bits per heavy atom. The smallest absolute Gasteiger partial charge is 0.358 e. The highest BCUT2D eigenvalue weighted by molar-refractivity contribution is 6.42. The number of fused-ring (bicyclic) bond motifs is 1. The zero-order chi connectivity index (χ0) is 17.4. The molecule has 2 heterocycles. The minimum atomic E-state index is -0.462. The minimum absolute atomic E-state index is 0.139. The van der Waals surface area contributed by atoms with Crippen LogP contribution in [-0.4, -0.2) is 40.2 Å². The third-order valence-electron chi connectivity index (χ3n) is 4.08. The van der Waals surface area contributed by atoms with Crippen molar-refractivity contribution >= 4 is 35.1 Å². The van der Waals surface area contributed by atoms with Gasteiger partial charge in [0.15, 0.2) is 5.69 Å². The summed E-state index contributed by atoms with van der Waals surface area (Å²) in [6, 6.07) is 4.81. The van der Waals surface area contributed by atoms with E-state index in [1.54, 1.807) is 34.8 Å². The van der Waals surface area contributed by atoms with Gasteiger partial charge >= 0.3 is 5.97 Å². The first-order chi connectivity index (χ1) is 11.4. The maximum Gasteiger partial charge on any atom is 0.358 e. The normalized spacial score (nSPS) is 13.6. The summed E-state index contributed by atoms with van der Waals surface area (Å²) >= 11 is 11.9. The van der Waals surface area contributed by atoms with E-state index in [-0.39, 0.29) is 5.91 Å². The predicted octanol–water partition coefficient (Wildman–Crippen LogP) is 2.71. The fourth-order valence-electron chi connectivity index (χ4n) is 2.82. The Morgan fingerprint density at radius 3 is 2.67 bits per heavy atom. The van der Waals surface area contributed by atoms with Crippen molar-refractivity contribution in [2.24, 2.45) is 7.05 Å². The van der Waals surface area contributed by atoms with Crippen molar-refractivity contribution in [3.05, 3.63) is 50.8 Å². The number of carbonyl (C=O) groups excluding carboxylic acids is 2. The van der Waals surface area contributed by atoms with E-state index in [2.05, 4.69) is 5.10 Å². The number of benzene rings is 1. The number of carbonyl (C=O) groups is 2. The molecule has 126 valence electrons. The van der Waals surface area contributed by atoms with Gasteiger partial charge in [-0.1, -0.05) is 23.2 Å². The van der Waals surface area contributed by atoms with Crippen molar-refractivity contribution in [2.45, 2.75) is 13.0 Å². The molecule has 24 heavy (non-hydrogen) atoms. The first-order valence-corrected chi connectivity index (χ1v) is 8.05. The molecule has 1 aromatic heterocycles. The fourth-order valence-corrected chi connectivity index (χ4v) is 3.11. The van der Waals surface area contributed by atoms with Crippen LogP contribution in [0.25, 0.3) is 0 Å². The van der Waals surface area contributed by atoms with Crippen molar-refractivity contribution in [3.8, 4) is 0 Å². The molecule has 6 nitrogen and oxygen atoms in total. The lowest BCUT2D eigenvalue weighted by molar-refractivity contribution is 0.0591. The molecule has 0 saturated heterocycles. The molecule has 1 amide bonds. The zero-order valence-corrected chi connectivity index (χ0v) is 14.7. The molecule has 0 spiro atoms. The number of methoxy groups -OCH3 is 1. The van der Waals surface area contributed by atoms with E-state index in [0.717, 1.165) is 11.3 Å². The summed E-state index contributed by atoms with van der Waals surface area (Å²) in [4.78, 5) is 26.2. The van der Waals surface area contributed by atoms with Crippen LogP contribution in [-0.2, 0) is 24.8 Å². The second-order valence-corrected chi connectivity index (χ2v) is 6.31. The summed E-state index contributed by atoms with van der Waals surface area (Å²) in [6.07, 6.45) is 0.542. The number of nitrogens with zero attached hydrogens (tertiary/aromatic N) is 3. The number of halogens is 2. The van der Waals surface area contributed by atoms with E-state index < -0.39 is 5.97 Å². The molecule has 2 aromatic rings. The lowest BCUT2D eigenvalue weighted by Gasteiger charge is -2.27. The minimum Gasteiger partial charge on any atom is -0.464 e. The Labute approximate surface area is 148 Å². The highest BCUT2D eigenvalue weighted by atomic mass is 35.5. The third kappa shape index (κ3) is 2.87. The van der Waals surface area contributed by atoms with E-state index in [0.29, 0.717) is 40.8 Å². The van der Waals surface area contributed by atoms with Crippen molar-refractivity contribution in [1.82, 2.24) is 14.7 Å². The molecule has 0 aliphatic carbocycles. The van der Waals surface area contributed by atoms with Crippen LogP contribution < -0.4 is 0 Å². The van der Waals surface area contributed by atoms with Gasteiger partial charge in [-0.2, -0.15) is 5.10 Å². The third-order valence-corrected chi connectivity index (χ3v) is 4.82. The molecule has 0 N–H and O–H groups in total. The maximum absolute atomic E-state index is 12.7. The lowest BCUT2D eigenvalue weighted by Crippen LogP contribution is -2.36. The predicted molar refractivity (Wildman–Crippen MR) is 89.5 cm³/mol. The van der Waals surface area contributed by atoms with Crippen molar-refractivity contribution in [1.29, 1.82) is 0 Å². The maximum atomic E-state index is 12.7. The highest BCUT2D eigenvalue weighted by Gasteiger charge is 2.29. The summed E-state index contributed by atoms with van der Waals surface area (Å²) in [5.41, 5.74) is 2.46. The van der Waals surface area contributed by atoms with E-state index in [1.165, 1.54) is 7.11 Å². The van der Waals surface area contributed by atoms with Crippen molar-refractivity contribution in [3.63, 3.8) is 0 Å². The zero-order valence-electron chi connectivity index (χ0n) is 13.2. The molecule has 1 aliphatic heterocycles. The van der Waals surface area contributed by atoms with Crippen LogP contribution in [0, 0.1) is 0 Å². The summed E-state index contributed by atoms with van der Waals surface area (Å²) in [6.45, 7) is 0.858. The molecule has 3 rings (SSSR count). The quantitative estimate of drug-likeness (QED) is 0.765. The van der Waals surface area contributed by atoms with Gasteiger partial charge in [-0.15, -0.1) is 0 Å². The second kappa shape index (κ2) is 6.45. The van der Waals surface area contributed by atoms with Gasteiger partial charge in [-0.05, 0) is 24.6 Å². The average Bonchev–Trinajstić information content (AvgIpc) is 2.92. The number of hydrogen-bond acceptors (Lipinski definition) is 4. The van der Waals surface area contributed by atoms with Crippen LogP contribution in [0.1, 0.15) is 32.1 Å². The number of esters is 1. The molecular formula is C16H15Cl2N3O3. The first kappa shape index (κ1) is 16.8. The highest BCUT2D eigenvalue weighted by Crippen LogP contribution is 2.26. The topological polar surface area (TPSA) is 64.4 Å². The Hall–Kier alpha value is -2.05. The van der Waals surface area contributed by atoms with Crippen LogP contribution in [0.3, 0.4) is 0 Å². The van der Waals surface area contributed by atoms with Gasteiger partial charge in [0.05, 0.1) is 29.4 Å². The monoisotopic (exact) mass is 367 g/mol. The van der Waals surface area contributed by atoms with E-state index in [4.69, 9.17) is 27.9 Å². The molecule has 8 heteroatoms. The average molecular weight is 368 g/mol. The lowest BCUT2D eigenvalue weighted by atomic mass is 10.0. The molecule has 1 aromatic carbocycles. The van der Waals surface area contributed by atoms with Crippen LogP contribution in [0.15, 0.2) is 18.2 Å². The summed E-state index contributed by atoms with van der Waals surface area (Å²) in [7, 11) is 3.07. The number of aromatic nitrogens is 2.